The molecule has 1 aromatic heterocycles. The lowest BCUT2D eigenvalue weighted by Crippen LogP contribution is -2.09. The van der Waals surface area contributed by atoms with Crippen LogP contribution in [0.1, 0.15) is 18.9 Å². The van der Waals surface area contributed by atoms with Crippen molar-refractivity contribution in [1.82, 2.24) is 9.97 Å². The quantitative estimate of drug-likeness (QED) is 0.764. The molecule has 1 fully saturated rings. The smallest absolute Gasteiger partial charge is 0.224 e. The normalized spacial score (nSPS) is 24.5. The number of nitrogens with one attached hydrogen (secondary N) is 2. The maximum Gasteiger partial charge on any atom is 0.224 e. The molecule has 1 saturated carbocycles. The van der Waals surface area contributed by atoms with Crippen LogP contribution in [0.2, 0.25) is 0 Å². The monoisotopic (exact) mass is 192 g/mol. The molecule has 0 aliphatic heterocycles. The molecule has 14 heavy (non-hydrogen) atoms. The number of rotatable bonds is 3. The number of aromatic nitrogens is 2. The van der Waals surface area contributed by atoms with Gasteiger partial charge in [-0.05, 0) is 19.3 Å². The van der Waals surface area contributed by atoms with Gasteiger partial charge in [0.15, 0.2) is 0 Å². The zero-order valence-corrected chi connectivity index (χ0v) is 8.83. The maximum atomic E-state index is 4.37. The van der Waals surface area contributed by atoms with Crippen molar-refractivity contribution in [2.75, 3.05) is 17.7 Å². The van der Waals surface area contributed by atoms with Crippen LogP contribution in [0, 0.1) is 12.8 Å². The van der Waals surface area contributed by atoms with Crippen molar-refractivity contribution in [1.29, 1.82) is 0 Å². The second-order valence-electron chi connectivity index (χ2n) is 3.94. The Hall–Kier alpha value is -1.32. The Balaban J connectivity index is 2.14. The van der Waals surface area contributed by atoms with E-state index in [1.54, 1.807) is 0 Å². The second-order valence-corrected chi connectivity index (χ2v) is 3.94. The Morgan fingerprint density at radius 1 is 1.50 bits per heavy atom. The highest BCUT2D eigenvalue weighted by molar-refractivity contribution is 5.47. The van der Waals surface area contributed by atoms with Crippen LogP contribution in [0.3, 0.4) is 0 Å². The first-order valence-electron chi connectivity index (χ1n) is 4.98. The molecule has 0 saturated heterocycles. The summed E-state index contributed by atoms with van der Waals surface area (Å²) < 4.78 is 0. The zero-order valence-electron chi connectivity index (χ0n) is 8.83. The van der Waals surface area contributed by atoms with Crippen molar-refractivity contribution in [3.63, 3.8) is 0 Å². The Bertz CT molecular complexity index is 337. The van der Waals surface area contributed by atoms with Crippen LogP contribution in [0.5, 0.6) is 0 Å². The van der Waals surface area contributed by atoms with Gasteiger partial charge in [-0.3, -0.25) is 0 Å². The van der Waals surface area contributed by atoms with E-state index in [-0.39, 0.29) is 0 Å². The molecule has 0 bridgehead atoms. The van der Waals surface area contributed by atoms with Crippen LogP contribution >= 0.6 is 0 Å². The van der Waals surface area contributed by atoms with Crippen LogP contribution in [0.4, 0.5) is 11.8 Å². The fraction of sp³-hybridized carbons (Fsp3) is 0.600. The van der Waals surface area contributed by atoms with E-state index in [1.165, 1.54) is 6.42 Å². The second kappa shape index (κ2) is 3.44. The number of hydrogen-bond donors (Lipinski definition) is 2. The third-order valence-corrected chi connectivity index (χ3v) is 2.63. The Labute approximate surface area is 84.2 Å². The summed E-state index contributed by atoms with van der Waals surface area (Å²) in [6.45, 7) is 4.27. The van der Waals surface area contributed by atoms with Crippen LogP contribution in [-0.2, 0) is 0 Å². The van der Waals surface area contributed by atoms with E-state index in [9.17, 15) is 0 Å². The largest absolute Gasteiger partial charge is 0.367 e. The van der Waals surface area contributed by atoms with Crippen LogP contribution in [-0.4, -0.2) is 23.1 Å². The molecule has 2 rings (SSSR count). The minimum absolute atomic E-state index is 0.605. The van der Waals surface area contributed by atoms with E-state index in [0.29, 0.717) is 12.0 Å². The van der Waals surface area contributed by atoms with Crippen molar-refractivity contribution in [3.8, 4) is 0 Å². The Kier molecular flexibility index (Phi) is 2.27. The summed E-state index contributed by atoms with van der Waals surface area (Å²) in [6, 6.07) is 0.605. The van der Waals surface area contributed by atoms with Gasteiger partial charge in [0.1, 0.15) is 5.82 Å². The summed E-state index contributed by atoms with van der Waals surface area (Å²) in [4.78, 5) is 8.51. The van der Waals surface area contributed by atoms with Crippen molar-refractivity contribution >= 4 is 11.8 Å². The molecule has 2 N–H and O–H groups in total. The fourth-order valence-corrected chi connectivity index (χ4v) is 1.41. The molecule has 0 amide bonds. The van der Waals surface area contributed by atoms with Gasteiger partial charge in [-0.1, -0.05) is 6.92 Å². The van der Waals surface area contributed by atoms with Gasteiger partial charge in [0.25, 0.3) is 0 Å². The highest BCUT2D eigenvalue weighted by Crippen LogP contribution is 2.32. The molecule has 4 nitrogen and oxygen atoms in total. The van der Waals surface area contributed by atoms with E-state index in [1.807, 2.05) is 20.2 Å². The highest BCUT2D eigenvalue weighted by Gasteiger charge is 2.32. The summed E-state index contributed by atoms with van der Waals surface area (Å²) in [5, 5.41) is 6.35. The first-order chi connectivity index (χ1) is 6.70. The van der Waals surface area contributed by atoms with Crippen LogP contribution in [0.25, 0.3) is 0 Å². The highest BCUT2D eigenvalue weighted by atomic mass is 15.1. The summed E-state index contributed by atoms with van der Waals surface area (Å²) in [6.07, 6.45) is 3.09. The Morgan fingerprint density at radius 3 is 2.79 bits per heavy atom. The topological polar surface area (TPSA) is 49.8 Å². The Morgan fingerprint density at radius 2 is 2.21 bits per heavy atom. The van der Waals surface area contributed by atoms with E-state index in [2.05, 4.69) is 27.5 Å². The molecule has 1 aliphatic carbocycles. The van der Waals surface area contributed by atoms with Crippen LogP contribution < -0.4 is 10.6 Å². The van der Waals surface area contributed by atoms with Crippen molar-refractivity contribution < 1.29 is 0 Å². The van der Waals surface area contributed by atoms with Crippen LogP contribution in [0.15, 0.2) is 6.20 Å². The average Bonchev–Trinajstić information content (AvgIpc) is 2.86. The maximum absolute atomic E-state index is 4.37. The molecule has 76 valence electrons. The first-order valence-corrected chi connectivity index (χ1v) is 4.98. The molecule has 0 aromatic carbocycles. The average molecular weight is 192 g/mol. The summed E-state index contributed by atoms with van der Waals surface area (Å²) in [7, 11) is 1.83. The van der Waals surface area contributed by atoms with Gasteiger partial charge >= 0.3 is 0 Å². The molecule has 1 aromatic rings. The minimum atomic E-state index is 0.605. The van der Waals surface area contributed by atoms with Gasteiger partial charge in [0, 0.05) is 24.8 Å². The molecule has 2 unspecified atom stereocenters. The van der Waals surface area contributed by atoms with E-state index >= 15 is 0 Å². The number of nitrogens with zero attached hydrogens (tertiary/aromatic N) is 2. The molecule has 1 heterocycles. The predicted octanol–water partition coefficient (Wildman–Crippen LogP) is 1.65. The van der Waals surface area contributed by atoms with Gasteiger partial charge in [-0.2, -0.15) is 4.98 Å². The molecule has 0 spiro atoms. The lowest BCUT2D eigenvalue weighted by Gasteiger charge is -2.08. The standard InChI is InChI=1S/C10H16N4/c1-6-4-8(6)13-9-7(2)5-12-10(11-3)14-9/h5-6,8H,4H2,1-3H3,(H2,11,12,13,14). The zero-order chi connectivity index (χ0) is 10.1. The third-order valence-electron chi connectivity index (χ3n) is 2.63. The predicted molar refractivity (Wildman–Crippen MR) is 57.5 cm³/mol. The summed E-state index contributed by atoms with van der Waals surface area (Å²) in [5.41, 5.74) is 1.10. The minimum Gasteiger partial charge on any atom is -0.367 e. The SMILES string of the molecule is CNc1ncc(C)c(NC2CC2C)n1. The van der Waals surface area contributed by atoms with Gasteiger partial charge in [0.2, 0.25) is 5.95 Å². The summed E-state index contributed by atoms with van der Waals surface area (Å²) in [5.74, 6) is 2.41. The van der Waals surface area contributed by atoms with Gasteiger partial charge in [0.05, 0.1) is 0 Å². The molecule has 0 radical (unpaired) electrons. The van der Waals surface area contributed by atoms with Gasteiger partial charge in [-0.15, -0.1) is 0 Å². The van der Waals surface area contributed by atoms with Crippen molar-refractivity contribution in [2.45, 2.75) is 26.3 Å². The molecule has 2 atom stereocenters. The molecular formula is C10H16N4. The van der Waals surface area contributed by atoms with Gasteiger partial charge in [-0.25, -0.2) is 4.98 Å². The fourth-order valence-electron chi connectivity index (χ4n) is 1.41. The molecule has 1 aliphatic rings. The van der Waals surface area contributed by atoms with Crippen molar-refractivity contribution in [3.05, 3.63) is 11.8 Å². The molecule has 4 heteroatoms. The van der Waals surface area contributed by atoms with Crippen molar-refractivity contribution in [2.24, 2.45) is 5.92 Å². The van der Waals surface area contributed by atoms with E-state index in [0.717, 1.165) is 17.3 Å². The first kappa shape index (κ1) is 9.24. The summed E-state index contributed by atoms with van der Waals surface area (Å²) >= 11 is 0. The third kappa shape index (κ3) is 1.78. The number of anilines is 2. The molecular weight excluding hydrogens is 176 g/mol. The van der Waals surface area contributed by atoms with E-state index in [4.69, 9.17) is 0 Å². The lowest BCUT2D eigenvalue weighted by molar-refractivity contribution is 0.919. The van der Waals surface area contributed by atoms with E-state index < -0.39 is 0 Å². The van der Waals surface area contributed by atoms with Gasteiger partial charge < -0.3 is 10.6 Å². The lowest BCUT2D eigenvalue weighted by atomic mass is 10.3. The number of aryl methyl sites for hydroxylation is 1. The number of hydrogen-bond acceptors (Lipinski definition) is 4.